The van der Waals surface area contributed by atoms with Crippen molar-refractivity contribution >= 4 is 29.9 Å². The van der Waals surface area contributed by atoms with Gasteiger partial charge in [-0.1, -0.05) is 24.3 Å². The Bertz CT molecular complexity index is 690. The molecule has 24 heavy (non-hydrogen) atoms. The van der Waals surface area contributed by atoms with Crippen molar-refractivity contribution in [2.24, 2.45) is 4.99 Å². The minimum atomic E-state index is -0.427. The summed E-state index contributed by atoms with van der Waals surface area (Å²) in [5.74, 6) is -0.190. The normalized spacial score (nSPS) is 10.9. The molecule has 6 heteroatoms. The van der Waals surface area contributed by atoms with Crippen molar-refractivity contribution in [1.29, 1.82) is 0 Å². The van der Waals surface area contributed by atoms with E-state index in [0.717, 1.165) is 12.1 Å². The van der Waals surface area contributed by atoms with Gasteiger partial charge in [0.2, 0.25) is 0 Å². The van der Waals surface area contributed by atoms with E-state index < -0.39 is 11.6 Å². The summed E-state index contributed by atoms with van der Waals surface area (Å²) in [5.41, 5.74) is 2.75. The minimum Gasteiger partial charge on any atom is -0.356 e. The van der Waals surface area contributed by atoms with E-state index in [-0.39, 0.29) is 24.0 Å². The van der Waals surface area contributed by atoms with Crippen LogP contribution in [0.3, 0.4) is 0 Å². The molecule has 0 aliphatic rings. The molecular formula is C18H22F2IN3. The summed E-state index contributed by atoms with van der Waals surface area (Å²) in [6.07, 6.45) is 0.384. The second kappa shape index (κ2) is 10.2. The highest BCUT2D eigenvalue weighted by atomic mass is 127. The van der Waals surface area contributed by atoms with Crippen LogP contribution in [0.1, 0.15) is 16.7 Å². The third kappa shape index (κ3) is 6.07. The van der Waals surface area contributed by atoms with Gasteiger partial charge in [0.15, 0.2) is 5.96 Å². The third-order valence-corrected chi connectivity index (χ3v) is 3.63. The first-order valence-corrected chi connectivity index (χ1v) is 7.53. The lowest BCUT2D eigenvalue weighted by Gasteiger charge is -2.13. The minimum absolute atomic E-state index is 0. The first kappa shape index (κ1) is 20.3. The standard InChI is InChI=1S/C18H21F2N3.HI/c1-13-5-3-4-6-15(13)12-23-18(21-2)22-10-9-14-11-16(19)7-8-17(14)20;/h3-8,11H,9-10,12H2,1-2H3,(H2,21,22,23);1H. The van der Waals surface area contributed by atoms with Gasteiger partial charge in [-0.2, -0.15) is 0 Å². The fraction of sp³-hybridized carbons (Fsp3) is 0.278. The summed E-state index contributed by atoms with van der Waals surface area (Å²) in [6, 6.07) is 11.6. The molecule has 2 aromatic rings. The summed E-state index contributed by atoms with van der Waals surface area (Å²) in [6.45, 7) is 3.18. The average molecular weight is 445 g/mol. The number of aryl methyl sites for hydroxylation is 1. The Kier molecular flexibility index (Phi) is 8.67. The smallest absolute Gasteiger partial charge is 0.191 e. The maximum absolute atomic E-state index is 13.5. The molecule has 0 saturated heterocycles. The lowest BCUT2D eigenvalue weighted by molar-refractivity contribution is 0.583. The predicted octanol–water partition coefficient (Wildman–Crippen LogP) is 3.80. The van der Waals surface area contributed by atoms with Gasteiger partial charge in [0.25, 0.3) is 0 Å². The van der Waals surface area contributed by atoms with Crippen molar-refractivity contribution < 1.29 is 8.78 Å². The molecule has 0 fully saturated rings. The quantitative estimate of drug-likeness (QED) is 0.418. The molecule has 0 amide bonds. The molecule has 0 unspecified atom stereocenters. The Morgan fingerprint density at radius 1 is 1.04 bits per heavy atom. The van der Waals surface area contributed by atoms with Crippen LogP contribution in [-0.2, 0) is 13.0 Å². The van der Waals surface area contributed by atoms with Crippen LogP contribution in [0, 0.1) is 18.6 Å². The number of hydrogen-bond donors (Lipinski definition) is 2. The van der Waals surface area contributed by atoms with E-state index in [0.29, 0.717) is 31.0 Å². The zero-order chi connectivity index (χ0) is 16.7. The zero-order valence-corrected chi connectivity index (χ0v) is 16.1. The molecule has 0 saturated carbocycles. The van der Waals surface area contributed by atoms with Gasteiger partial charge in [-0.3, -0.25) is 4.99 Å². The van der Waals surface area contributed by atoms with Crippen molar-refractivity contribution in [1.82, 2.24) is 10.6 Å². The number of nitrogens with one attached hydrogen (secondary N) is 2. The number of aliphatic imine (C=N–C) groups is 1. The van der Waals surface area contributed by atoms with E-state index in [9.17, 15) is 8.78 Å². The lowest BCUT2D eigenvalue weighted by atomic mass is 10.1. The van der Waals surface area contributed by atoms with E-state index in [1.54, 1.807) is 7.05 Å². The summed E-state index contributed by atoms with van der Waals surface area (Å²) < 4.78 is 26.7. The summed E-state index contributed by atoms with van der Waals surface area (Å²) in [5, 5.41) is 6.31. The molecule has 0 aliphatic carbocycles. The Balaban J connectivity index is 0.00000288. The molecular weight excluding hydrogens is 423 g/mol. The molecule has 0 spiro atoms. The SMILES string of the molecule is CN=C(NCCc1cc(F)ccc1F)NCc1ccccc1C.I. The van der Waals surface area contributed by atoms with E-state index in [1.165, 1.54) is 17.2 Å². The van der Waals surface area contributed by atoms with Crippen LogP contribution < -0.4 is 10.6 Å². The van der Waals surface area contributed by atoms with Gasteiger partial charge in [-0.25, -0.2) is 8.78 Å². The van der Waals surface area contributed by atoms with Crippen molar-refractivity contribution in [2.75, 3.05) is 13.6 Å². The predicted molar refractivity (Wildman–Crippen MR) is 105 cm³/mol. The summed E-state index contributed by atoms with van der Waals surface area (Å²) in [4.78, 5) is 4.13. The fourth-order valence-electron chi connectivity index (χ4n) is 2.26. The van der Waals surface area contributed by atoms with Crippen molar-refractivity contribution in [3.8, 4) is 0 Å². The highest BCUT2D eigenvalue weighted by Crippen LogP contribution is 2.10. The molecule has 2 rings (SSSR count). The third-order valence-electron chi connectivity index (χ3n) is 3.63. The van der Waals surface area contributed by atoms with Crippen LogP contribution in [0.15, 0.2) is 47.5 Å². The number of halogens is 3. The van der Waals surface area contributed by atoms with Crippen LogP contribution >= 0.6 is 24.0 Å². The van der Waals surface area contributed by atoms with Crippen LogP contribution in [-0.4, -0.2) is 19.6 Å². The number of guanidine groups is 1. The van der Waals surface area contributed by atoms with Gasteiger partial charge >= 0.3 is 0 Å². The Morgan fingerprint density at radius 2 is 1.79 bits per heavy atom. The maximum Gasteiger partial charge on any atom is 0.191 e. The van der Waals surface area contributed by atoms with Crippen molar-refractivity contribution in [2.45, 2.75) is 19.9 Å². The van der Waals surface area contributed by atoms with Gasteiger partial charge in [0.05, 0.1) is 0 Å². The van der Waals surface area contributed by atoms with Crippen molar-refractivity contribution in [3.05, 3.63) is 70.8 Å². The van der Waals surface area contributed by atoms with Gasteiger partial charge in [0, 0.05) is 20.1 Å². The van der Waals surface area contributed by atoms with Gasteiger partial charge in [-0.05, 0) is 48.2 Å². The molecule has 3 nitrogen and oxygen atoms in total. The van der Waals surface area contributed by atoms with Crippen LogP contribution in [0.4, 0.5) is 8.78 Å². The molecule has 0 radical (unpaired) electrons. The van der Waals surface area contributed by atoms with Crippen LogP contribution in [0.2, 0.25) is 0 Å². The van der Waals surface area contributed by atoms with Gasteiger partial charge in [0.1, 0.15) is 11.6 Å². The molecule has 0 heterocycles. The van der Waals surface area contributed by atoms with Gasteiger partial charge in [-0.15, -0.1) is 24.0 Å². The topological polar surface area (TPSA) is 36.4 Å². The van der Waals surface area contributed by atoms with E-state index in [1.807, 2.05) is 12.1 Å². The first-order chi connectivity index (χ1) is 11.1. The molecule has 0 aromatic heterocycles. The second-order valence-electron chi connectivity index (χ2n) is 5.26. The fourth-order valence-corrected chi connectivity index (χ4v) is 2.26. The first-order valence-electron chi connectivity index (χ1n) is 7.53. The molecule has 0 aliphatic heterocycles. The molecule has 130 valence electrons. The molecule has 2 N–H and O–H groups in total. The Morgan fingerprint density at radius 3 is 2.50 bits per heavy atom. The van der Waals surface area contributed by atoms with E-state index in [2.05, 4.69) is 34.7 Å². The number of benzene rings is 2. The van der Waals surface area contributed by atoms with Crippen LogP contribution in [0.5, 0.6) is 0 Å². The second-order valence-corrected chi connectivity index (χ2v) is 5.26. The van der Waals surface area contributed by atoms with E-state index in [4.69, 9.17) is 0 Å². The molecule has 0 bridgehead atoms. The zero-order valence-electron chi connectivity index (χ0n) is 13.8. The molecule has 0 atom stereocenters. The Labute approximate surface area is 158 Å². The van der Waals surface area contributed by atoms with Gasteiger partial charge < -0.3 is 10.6 Å². The highest BCUT2D eigenvalue weighted by Gasteiger charge is 2.05. The number of nitrogens with zero attached hydrogens (tertiary/aromatic N) is 1. The largest absolute Gasteiger partial charge is 0.356 e. The lowest BCUT2D eigenvalue weighted by Crippen LogP contribution is -2.38. The Hall–Kier alpha value is -1.70. The van der Waals surface area contributed by atoms with E-state index >= 15 is 0 Å². The molecule has 2 aromatic carbocycles. The number of rotatable bonds is 5. The summed E-state index contributed by atoms with van der Waals surface area (Å²) >= 11 is 0. The monoisotopic (exact) mass is 445 g/mol. The van der Waals surface area contributed by atoms with Crippen molar-refractivity contribution in [3.63, 3.8) is 0 Å². The average Bonchev–Trinajstić information content (AvgIpc) is 2.55. The van der Waals surface area contributed by atoms with Crippen LogP contribution in [0.25, 0.3) is 0 Å². The summed E-state index contributed by atoms with van der Waals surface area (Å²) in [7, 11) is 1.68. The number of hydrogen-bond acceptors (Lipinski definition) is 1. The highest BCUT2D eigenvalue weighted by molar-refractivity contribution is 14.0. The maximum atomic E-state index is 13.5.